The van der Waals surface area contributed by atoms with Crippen molar-refractivity contribution in [3.63, 3.8) is 0 Å². The first-order valence-electron chi connectivity index (χ1n) is 8.44. The zero-order valence-electron chi connectivity index (χ0n) is 14.7. The molecule has 1 saturated heterocycles. The number of thiazole rings is 1. The van der Waals surface area contributed by atoms with Crippen LogP contribution in [0.2, 0.25) is 5.02 Å². The molecule has 1 fully saturated rings. The van der Waals surface area contributed by atoms with Gasteiger partial charge in [0.15, 0.2) is 0 Å². The minimum Gasteiger partial charge on any atom is -0.450 e. The van der Waals surface area contributed by atoms with Gasteiger partial charge in [0.2, 0.25) is 0 Å². The Balaban J connectivity index is 1.72. The Morgan fingerprint density at radius 1 is 1.19 bits per heavy atom. The maximum atomic E-state index is 12.9. The fourth-order valence-corrected chi connectivity index (χ4v) is 4.15. The molecule has 138 valence electrons. The van der Waals surface area contributed by atoms with E-state index < -0.39 is 0 Å². The highest BCUT2D eigenvalue weighted by Crippen LogP contribution is 2.33. The Labute approximate surface area is 161 Å². The van der Waals surface area contributed by atoms with Gasteiger partial charge in [0.25, 0.3) is 5.91 Å². The molecule has 0 aliphatic carbocycles. The third-order valence-corrected chi connectivity index (χ3v) is 5.70. The molecule has 1 aliphatic heterocycles. The highest BCUT2D eigenvalue weighted by molar-refractivity contribution is 7.17. The topological polar surface area (TPSA) is 62.7 Å². The number of hydrogen-bond donors (Lipinski definition) is 0. The first-order chi connectivity index (χ1) is 12.5. The van der Waals surface area contributed by atoms with Gasteiger partial charge in [0.1, 0.15) is 9.88 Å². The van der Waals surface area contributed by atoms with Crippen molar-refractivity contribution >= 4 is 34.9 Å². The Kier molecular flexibility index (Phi) is 5.78. The van der Waals surface area contributed by atoms with Gasteiger partial charge in [-0.3, -0.25) is 4.79 Å². The number of aryl methyl sites for hydroxylation is 1. The van der Waals surface area contributed by atoms with E-state index in [0.29, 0.717) is 48.4 Å². The summed E-state index contributed by atoms with van der Waals surface area (Å²) in [7, 11) is 0. The molecule has 6 nitrogen and oxygen atoms in total. The second-order valence-electron chi connectivity index (χ2n) is 5.89. The second-order valence-corrected chi connectivity index (χ2v) is 7.30. The monoisotopic (exact) mass is 393 g/mol. The van der Waals surface area contributed by atoms with Crippen LogP contribution in [0.4, 0.5) is 4.79 Å². The van der Waals surface area contributed by atoms with Crippen molar-refractivity contribution < 1.29 is 14.3 Å². The van der Waals surface area contributed by atoms with Gasteiger partial charge in [-0.15, -0.1) is 11.3 Å². The molecule has 1 aromatic heterocycles. The standard InChI is InChI=1S/C18H20ClN3O3S/c1-3-25-18(24)22-10-8-21(9-11-22)17(23)15-12(2)20-16(26-15)13-6-4-5-7-14(13)19/h4-7H,3,8-11H2,1-2H3. The van der Waals surface area contributed by atoms with Crippen molar-refractivity contribution in [2.45, 2.75) is 13.8 Å². The fourth-order valence-electron chi connectivity index (χ4n) is 2.80. The molecular formula is C18H20ClN3O3S. The smallest absolute Gasteiger partial charge is 0.409 e. The van der Waals surface area contributed by atoms with Gasteiger partial charge < -0.3 is 14.5 Å². The van der Waals surface area contributed by atoms with Crippen LogP contribution in [0.5, 0.6) is 0 Å². The number of benzene rings is 1. The summed E-state index contributed by atoms with van der Waals surface area (Å²) < 4.78 is 5.01. The molecule has 2 heterocycles. The first kappa shape index (κ1) is 18.7. The molecule has 26 heavy (non-hydrogen) atoms. The maximum Gasteiger partial charge on any atom is 0.409 e. The lowest BCUT2D eigenvalue weighted by Crippen LogP contribution is -2.50. The second kappa shape index (κ2) is 8.05. The predicted molar refractivity (Wildman–Crippen MR) is 102 cm³/mol. The molecule has 0 spiro atoms. The van der Waals surface area contributed by atoms with Crippen molar-refractivity contribution in [2.24, 2.45) is 0 Å². The largest absolute Gasteiger partial charge is 0.450 e. The molecule has 3 rings (SSSR count). The van der Waals surface area contributed by atoms with Crippen LogP contribution in [0.3, 0.4) is 0 Å². The molecule has 2 aromatic rings. The van der Waals surface area contributed by atoms with Crippen molar-refractivity contribution in [2.75, 3.05) is 32.8 Å². The lowest BCUT2D eigenvalue weighted by Gasteiger charge is -2.33. The van der Waals surface area contributed by atoms with Crippen LogP contribution in [0.25, 0.3) is 10.6 Å². The van der Waals surface area contributed by atoms with E-state index in [1.807, 2.05) is 31.2 Å². The van der Waals surface area contributed by atoms with Crippen LogP contribution in [0.15, 0.2) is 24.3 Å². The SMILES string of the molecule is CCOC(=O)N1CCN(C(=O)c2sc(-c3ccccc3Cl)nc2C)CC1. The van der Waals surface area contributed by atoms with Gasteiger partial charge >= 0.3 is 6.09 Å². The summed E-state index contributed by atoms with van der Waals surface area (Å²) in [6.45, 7) is 5.87. The van der Waals surface area contributed by atoms with Gasteiger partial charge in [-0.05, 0) is 19.9 Å². The molecular weight excluding hydrogens is 374 g/mol. The predicted octanol–water partition coefficient (Wildman–Crippen LogP) is 3.69. The van der Waals surface area contributed by atoms with Gasteiger partial charge in [0, 0.05) is 31.7 Å². The van der Waals surface area contributed by atoms with Gasteiger partial charge in [-0.1, -0.05) is 29.8 Å². The van der Waals surface area contributed by atoms with E-state index >= 15 is 0 Å². The summed E-state index contributed by atoms with van der Waals surface area (Å²) in [6, 6.07) is 7.46. The minimum atomic E-state index is -0.324. The summed E-state index contributed by atoms with van der Waals surface area (Å²) in [5.74, 6) is -0.0539. The van der Waals surface area contributed by atoms with E-state index in [2.05, 4.69) is 4.98 Å². The van der Waals surface area contributed by atoms with E-state index in [9.17, 15) is 9.59 Å². The molecule has 0 atom stereocenters. The first-order valence-corrected chi connectivity index (χ1v) is 9.64. The van der Waals surface area contributed by atoms with E-state index in [4.69, 9.17) is 16.3 Å². The molecule has 8 heteroatoms. The zero-order valence-corrected chi connectivity index (χ0v) is 16.3. The van der Waals surface area contributed by atoms with Gasteiger partial charge in [-0.2, -0.15) is 0 Å². The molecule has 0 unspecified atom stereocenters. The third kappa shape index (κ3) is 3.83. The number of halogens is 1. The van der Waals surface area contributed by atoms with E-state index in [1.54, 1.807) is 16.7 Å². The summed E-state index contributed by atoms with van der Waals surface area (Å²) in [5.41, 5.74) is 1.52. The van der Waals surface area contributed by atoms with Crippen LogP contribution < -0.4 is 0 Å². The molecule has 0 N–H and O–H groups in total. The average molecular weight is 394 g/mol. The number of nitrogens with zero attached hydrogens (tertiary/aromatic N) is 3. The lowest BCUT2D eigenvalue weighted by atomic mass is 10.2. The Morgan fingerprint density at radius 2 is 1.85 bits per heavy atom. The van der Waals surface area contributed by atoms with Crippen molar-refractivity contribution in [1.82, 2.24) is 14.8 Å². The Bertz CT molecular complexity index is 816. The van der Waals surface area contributed by atoms with Crippen molar-refractivity contribution in [3.8, 4) is 10.6 Å². The van der Waals surface area contributed by atoms with Crippen LogP contribution in [-0.2, 0) is 4.74 Å². The quantitative estimate of drug-likeness (QED) is 0.797. The van der Waals surface area contributed by atoms with Crippen LogP contribution in [0, 0.1) is 6.92 Å². The lowest BCUT2D eigenvalue weighted by molar-refractivity contribution is 0.0573. The van der Waals surface area contributed by atoms with E-state index in [0.717, 1.165) is 10.6 Å². The number of ether oxygens (including phenoxy) is 1. The van der Waals surface area contributed by atoms with Crippen molar-refractivity contribution in [1.29, 1.82) is 0 Å². The summed E-state index contributed by atoms with van der Waals surface area (Å²) >= 11 is 7.59. The van der Waals surface area contributed by atoms with Crippen molar-refractivity contribution in [3.05, 3.63) is 39.9 Å². The zero-order chi connectivity index (χ0) is 18.7. The van der Waals surface area contributed by atoms with Gasteiger partial charge in [0.05, 0.1) is 17.3 Å². The fraction of sp³-hybridized carbons (Fsp3) is 0.389. The molecule has 0 saturated carbocycles. The van der Waals surface area contributed by atoms with Crippen LogP contribution in [-0.4, -0.2) is 59.6 Å². The molecule has 0 bridgehead atoms. The highest BCUT2D eigenvalue weighted by atomic mass is 35.5. The number of hydrogen-bond acceptors (Lipinski definition) is 5. The van der Waals surface area contributed by atoms with E-state index in [-0.39, 0.29) is 12.0 Å². The van der Waals surface area contributed by atoms with Gasteiger partial charge in [-0.25, -0.2) is 9.78 Å². The molecule has 0 radical (unpaired) electrons. The average Bonchev–Trinajstić information content (AvgIpc) is 3.03. The number of rotatable bonds is 3. The Hall–Kier alpha value is -2.12. The molecule has 2 amide bonds. The minimum absolute atomic E-state index is 0.0539. The Morgan fingerprint density at radius 3 is 2.50 bits per heavy atom. The van der Waals surface area contributed by atoms with Crippen LogP contribution >= 0.6 is 22.9 Å². The molecule has 1 aliphatic rings. The number of carbonyl (C=O) groups is 2. The highest BCUT2D eigenvalue weighted by Gasteiger charge is 2.28. The number of aromatic nitrogens is 1. The summed E-state index contributed by atoms with van der Waals surface area (Å²) in [6.07, 6.45) is -0.324. The number of piperazine rings is 1. The molecule has 1 aromatic carbocycles. The summed E-state index contributed by atoms with van der Waals surface area (Å²) in [4.78, 5) is 33.2. The maximum absolute atomic E-state index is 12.9. The third-order valence-electron chi connectivity index (χ3n) is 4.19. The normalized spacial score (nSPS) is 14.4. The number of amides is 2. The summed E-state index contributed by atoms with van der Waals surface area (Å²) in [5, 5.41) is 1.35. The number of carbonyl (C=O) groups excluding carboxylic acids is 2. The van der Waals surface area contributed by atoms with E-state index in [1.165, 1.54) is 11.3 Å². The van der Waals surface area contributed by atoms with Crippen LogP contribution in [0.1, 0.15) is 22.3 Å².